The molecule has 0 aliphatic carbocycles. The van der Waals surface area contributed by atoms with Gasteiger partial charge in [-0.05, 0) is 19.4 Å². The van der Waals surface area contributed by atoms with Gasteiger partial charge in [0.05, 0.1) is 0 Å². The third-order valence-corrected chi connectivity index (χ3v) is 1.55. The van der Waals surface area contributed by atoms with Crippen LogP contribution in [0.3, 0.4) is 0 Å². The summed E-state index contributed by atoms with van der Waals surface area (Å²) in [6.45, 7) is 5.60. The molecule has 0 bridgehead atoms. The summed E-state index contributed by atoms with van der Waals surface area (Å²) in [5.41, 5.74) is 1.15. The Morgan fingerprint density at radius 2 is 2.00 bits per heavy atom. The molecule has 0 rings (SSSR count). The van der Waals surface area contributed by atoms with Gasteiger partial charge in [-0.1, -0.05) is 42.5 Å². The van der Waals surface area contributed by atoms with E-state index < -0.39 is 0 Å². The van der Waals surface area contributed by atoms with Crippen molar-refractivity contribution in [2.75, 3.05) is 7.05 Å². The molecule has 0 heterocycles. The van der Waals surface area contributed by atoms with Gasteiger partial charge in [0.25, 0.3) is 0 Å². The minimum absolute atomic E-state index is 0.0724. The van der Waals surface area contributed by atoms with Gasteiger partial charge in [-0.2, -0.15) is 0 Å². The van der Waals surface area contributed by atoms with E-state index >= 15 is 0 Å². The quantitative estimate of drug-likeness (QED) is 0.524. The SMILES string of the molecule is C=C/C=C(C)\C=C/C/C=C/C(=O)NC. The van der Waals surface area contributed by atoms with Crippen LogP contribution in [0.4, 0.5) is 0 Å². The number of carbonyl (C=O) groups excluding carboxylic acids is 1. The molecule has 0 fully saturated rings. The minimum Gasteiger partial charge on any atom is -0.356 e. The van der Waals surface area contributed by atoms with Crippen LogP contribution in [0.25, 0.3) is 0 Å². The van der Waals surface area contributed by atoms with Crippen LogP contribution in [0.1, 0.15) is 13.3 Å². The maximum atomic E-state index is 10.8. The molecule has 1 amide bonds. The standard InChI is InChI=1S/C12H17NO/c1-4-8-11(2)9-6-5-7-10-12(14)13-3/h4,6-10H,1,5H2,2-3H3,(H,13,14)/b9-6-,10-7+,11-8-. The smallest absolute Gasteiger partial charge is 0.243 e. The Morgan fingerprint density at radius 1 is 1.36 bits per heavy atom. The van der Waals surface area contributed by atoms with Crippen molar-refractivity contribution in [3.05, 3.63) is 48.6 Å². The van der Waals surface area contributed by atoms with Crippen molar-refractivity contribution in [3.63, 3.8) is 0 Å². The van der Waals surface area contributed by atoms with Gasteiger partial charge in [0.15, 0.2) is 0 Å². The zero-order valence-corrected chi connectivity index (χ0v) is 8.79. The van der Waals surface area contributed by atoms with Crippen molar-refractivity contribution in [2.24, 2.45) is 0 Å². The van der Waals surface area contributed by atoms with E-state index in [1.54, 1.807) is 13.1 Å². The molecule has 0 saturated heterocycles. The average Bonchev–Trinajstić information content (AvgIpc) is 2.17. The van der Waals surface area contributed by atoms with E-state index in [0.29, 0.717) is 0 Å². The van der Waals surface area contributed by atoms with E-state index in [-0.39, 0.29) is 5.91 Å². The highest BCUT2D eigenvalue weighted by Gasteiger charge is 1.84. The number of likely N-dealkylation sites (N-methyl/N-ethyl adjacent to an activating group) is 1. The van der Waals surface area contributed by atoms with Crippen LogP contribution < -0.4 is 5.32 Å². The van der Waals surface area contributed by atoms with Crippen LogP contribution in [0.2, 0.25) is 0 Å². The van der Waals surface area contributed by atoms with Gasteiger partial charge in [-0.25, -0.2) is 0 Å². The summed E-state index contributed by atoms with van der Waals surface area (Å²) < 4.78 is 0. The van der Waals surface area contributed by atoms with Gasteiger partial charge in [0, 0.05) is 7.05 Å². The number of rotatable bonds is 5. The average molecular weight is 191 g/mol. The molecule has 0 aromatic rings. The highest BCUT2D eigenvalue weighted by molar-refractivity contribution is 5.87. The Morgan fingerprint density at radius 3 is 2.57 bits per heavy atom. The van der Waals surface area contributed by atoms with E-state index in [1.807, 2.05) is 31.2 Å². The summed E-state index contributed by atoms with van der Waals surface area (Å²) in [6.07, 6.45) is 11.8. The van der Waals surface area contributed by atoms with Crippen LogP contribution in [0.5, 0.6) is 0 Å². The van der Waals surface area contributed by atoms with Crippen LogP contribution in [0.15, 0.2) is 48.6 Å². The summed E-state index contributed by atoms with van der Waals surface area (Å²) in [4.78, 5) is 10.8. The zero-order valence-electron chi connectivity index (χ0n) is 8.79. The molecule has 14 heavy (non-hydrogen) atoms. The van der Waals surface area contributed by atoms with Gasteiger partial charge in [-0.15, -0.1) is 0 Å². The summed E-state index contributed by atoms with van der Waals surface area (Å²) in [6, 6.07) is 0. The Hall–Kier alpha value is -1.57. The molecule has 2 nitrogen and oxygen atoms in total. The minimum atomic E-state index is -0.0724. The molecule has 0 atom stereocenters. The maximum absolute atomic E-state index is 10.8. The van der Waals surface area contributed by atoms with Crippen molar-refractivity contribution in [3.8, 4) is 0 Å². The second-order valence-electron chi connectivity index (χ2n) is 2.80. The van der Waals surface area contributed by atoms with E-state index in [1.165, 1.54) is 6.08 Å². The van der Waals surface area contributed by atoms with Crippen molar-refractivity contribution in [2.45, 2.75) is 13.3 Å². The number of nitrogens with one attached hydrogen (secondary N) is 1. The molecule has 0 saturated carbocycles. The first-order valence-corrected chi connectivity index (χ1v) is 4.54. The van der Waals surface area contributed by atoms with Crippen LogP contribution >= 0.6 is 0 Å². The molecule has 0 unspecified atom stereocenters. The molecular formula is C12H17NO. The van der Waals surface area contributed by atoms with Crippen LogP contribution in [0, 0.1) is 0 Å². The topological polar surface area (TPSA) is 29.1 Å². The summed E-state index contributed by atoms with van der Waals surface area (Å²) >= 11 is 0. The first-order chi connectivity index (χ1) is 6.70. The van der Waals surface area contributed by atoms with Crippen LogP contribution in [-0.4, -0.2) is 13.0 Å². The lowest BCUT2D eigenvalue weighted by Crippen LogP contribution is -2.13. The molecule has 76 valence electrons. The van der Waals surface area contributed by atoms with Gasteiger partial charge < -0.3 is 5.32 Å². The molecular weight excluding hydrogens is 174 g/mol. The number of hydrogen-bond acceptors (Lipinski definition) is 1. The van der Waals surface area contributed by atoms with Crippen molar-refractivity contribution < 1.29 is 4.79 Å². The summed E-state index contributed by atoms with van der Waals surface area (Å²) in [5.74, 6) is -0.0724. The van der Waals surface area contributed by atoms with E-state index in [4.69, 9.17) is 0 Å². The predicted octanol–water partition coefficient (Wildman–Crippen LogP) is 2.37. The monoisotopic (exact) mass is 191 g/mol. The fourth-order valence-corrected chi connectivity index (χ4v) is 0.832. The van der Waals surface area contributed by atoms with Gasteiger partial charge in [-0.3, -0.25) is 4.79 Å². The highest BCUT2D eigenvalue weighted by atomic mass is 16.1. The molecule has 2 heteroatoms. The lowest BCUT2D eigenvalue weighted by atomic mass is 10.2. The van der Waals surface area contributed by atoms with Crippen molar-refractivity contribution >= 4 is 5.91 Å². The zero-order chi connectivity index (χ0) is 10.8. The van der Waals surface area contributed by atoms with Crippen molar-refractivity contribution in [1.29, 1.82) is 0 Å². The van der Waals surface area contributed by atoms with Gasteiger partial charge >= 0.3 is 0 Å². The summed E-state index contributed by atoms with van der Waals surface area (Å²) in [7, 11) is 1.61. The van der Waals surface area contributed by atoms with E-state index in [9.17, 15) is 4.79 Å². The molecule has 0 aliphatic rings. The molecule has 0 aromatic carbocycles. The number of carbonyl (C=O) groups is 1. The predicted molar refractivity (Wildman–Crippen MR) is 60.9 cm³/mol. The molecule has 0 spiro atoms. The van der Waals surface area contributed by atoms with Gasteiger partial charge in [0.2, 0.25) is 5.91 Å². The fraction of sp³-hybridized carbons (Fsp3) is 0.250. The largest absolute Gasteiger partial charge is 0.356 e. The molecule has 0 radical (unpaired) electrons. The molecule has 0 aromatic heterocycles. The Labute approximate surface area is 85.7 Å². The lowest BCUT2D eigenvalue weighted by Gasteiger charge is -1.89. The van der Waals surface area contributed by atoms with Crippen molar-refractivity contribution in [1.82, 2.24) is 5.32 Å². The molecule has 1 N–H and O–H groups in total. The number of hydrogen-bond donors (Lipinski definition) is 1. The Kier molecular flexibility index (Phi) is 7.15. The second-order valence-corrected chi connectivity index (χ2v) is 2.80. The number of amides is 1. The van der Waals surface area contributed by atoms with E-state index in [2.05, 4.69) is 11.9 Å². The second kappa shape index (κ2) is 8.05. The van der Waals surface area contributed by atoms with E-state index in [0.717, 1.165) is 12.0 Å². The Bertz CT molecular complexity index is 272. The first kappa shape index (κ1) is 12.4. The van der Waals surface area contributed by atoms with Crippen LogP contribution in [-0.2, 0) is 4.79 Å². The normalized spacial score (nSPS) is 12.3. The highest BCUT2D eigenvalue weighted by Crippen LogP contribution is 1.96. The number of allylic oxidation sites excluding steroid dienone is 6. The first-order valence-electron chi connectivity index (χ1n) is 4.54. The maximum Gasteiger partial charge on any atom is 0.243 e. The molecule has 0 aliphatic heterocycles. The third kappa shape index (κ3) is 7.10. The Balaban J connectivity index is 3.84. The lowest BCUT2D eigenvalue weighted by molar-refractivity contribution is -0.116. The van der Waals surface area contributed by atoms with Gasteiger partial charge in [0.1, 0.15) is 0 Å². The fourth-order valence-electron chi connectivity index (χ4n) is 0.832. The summed E-state index contributed by atoms with van der Waals surface area (Å²) in [5, 5.41) is 2.51. The third-order valence-electron chi connectivity index (χ3n) is 1.55.